The average Bonchev–Trinajstić information content (AvgIpc) is 2.88. The van der Waals surface area contributed by atoms with Crippen LogP contribution in [0.25, 0.3) is 0 Å². The summed E-state index contributed by atoms with van der Waals surface area (Å²) in [4.78, 5) is 31.1. The van der Waals surface area contributed by atoms with Gasteiger partial charge in [-0.05, 0) is 43.2 Å². The Morgan fingerprint density at radius 2 is 1.96 bits per heavy atom. The summed E-state index contributed by atoms with van der Waals surface area (Å²) < 4.78 is 0. The van der Waals surface area contributed by atoms with E-state index in [2.05, 4.69) is 10.3 Å². The molecule has 3 rings (SSSR count). The Labute approximate surface area is 167 Å². The van der Waals surface area contributed by atoms with Crippen LogP contribution in [-0.2, 0) is 9.59 Å². The van der Waals surface area contributed by atoms with Gasteiger partial charge in [-0.25, -0.2) is 4.99 Å². The van der Waals surface area contributed by atoms with Gasteiger partial charge in [-0.2, -0.15) is 0 Å². The number of benzene rings is 2. The number of thioether (sulfide) groups is 1. The number of aliphatic imine (C=N–C) groups is 1. The fraction of sp³-hybridized carbons (Fsp3) is 0.250. The van der Waals surface area contributed by atoms with Crippen molar-refractivity contribution < 1.29 is 9.59 Å². The molecule has 2 aromatic carbocycles. The fourth-order valence-electron chi connectivity index (χ4n) is 2.69. The Morgan fingerprint density at radius 1 is 1.22 bits per heavy atom. The highest BCUT2D eigenvalue weighted by Crippen LogP contribution is 2.31. The van der Waals surface area contributed by atoms with Crippen molar-refractivity contribution in [1.29, 1.82) is 0 Å². The molecule has 1 atom stereocenters. The predicted octanol–water partition coefficient (Wildman–Crippen LogP) is 4.55. The maximum atomic E-state index is 12.5. The molecule has 2 amide bonds. The third-order valence-electron chi connectivity index (χ3n) is 4.32. The van der Waals surface area contributed by atoms with E-state index in [9.17, 15) is 9.59 Å². The van der Waals surface area contributed by atoms with Crippen molar-refractivity contribution in [2.45, 2.75) is 25.5 Å². The van der Waals surface area contributed by atoms with Crippen LogP contribution in [0.3, 0.4) is 0 Å². The summed E-state index contributed by atoms with van der Waals surface area (Å²) in [5.74, 6) is -0.345. The number of hydrogen-bond acceptors (Lipinski definition) is 4. The largest absolute Gasteiger partial charge is 0.326 e. The van der Waals surface area contributed by atoms with Gasteiger partial charge in [0.15, 0.2) is 5.17 Å². The summed E-state index contributed by atoms with van der Waals surface area (Å²) in [7, 11) is 1.69. The van der Waals surface area contributed by atoms with Gasteiger partial charge in [0.05, 0.1) is 5.69 Å². The second-order valence-corrected chi connectivity index (χ2v) is 8.00. The highest BCUT2D eigenvalue weighted by molar-refractivity contribution is 8.15. The van der Waals surface area contributed by atoms with E-state index in [-0.39, 0.29) is 18.2 Å². The molecule has 5 nitrogen and oxygen atoms in total. The second-order valence-electron chi connectivity index (χ2n) is 6.40. The number of nitrogens with zero attached hydrogens (tertiary/aromatic N) is 2. The normalized spacial score (nSPS) is 18.2. The molecule has 0 saturated carbocycles. The molecule has 27 heavy (non-hydrogen) atoms. The van der Waals surface area contributed by atoms with Crippen LogP contribution in [0.1, 0.15) is 17.5 Å². The van der Waals surface area contributed by atoms with Crippen LogP contribution in [0.2, 0.25) is 5.02 Å². The molecule has 0 unspecified atom stereocenters. The first-order valence-electron chi connectivity index (χ1n) is 8.49. The van der Waals surface area contributed by atoms with Gasteiger partial charge in [0, 0.05) is 24.2 Å². The number of carbonyl (C=O) groups excluding carboxylic acids is 2. The molecular formula is C20H20ClN3O2S. The number of halogens is 1. The lowest BCUT2D eigenvalue weighted by molar-refractivity contribution is -0.127. The van der Waals surface area contributed by atoms with E-state index in [0.717, 1.165) is 16.8 Å². The first-order chi connectivity index (χ1) is 12.8. The SMILES string of the molecule is Cc1ccccc1N=C1S[C@@H](CC(=O)Nc2cc(Cl)ccc2C)C(=O)N1C. The molecule has 0 aromatic heterocycles. The zero-order valence-electron chi connectivity index (χ0n) is 15.3. The molecule has 1 fully saturated rings. The summed E-state index contributed by atoms with van der Waals surface area (Å²) in [6.07, 6.45) is 0.0760. The molecular weight excluding hydrogens is 382 g/mol. The molecule has 1 aliphatic heterocycles. The van der Waals surface area contributed by atoms with E-state index in [1.54, 1.807) is 19.2 Å². The smallest absolute Gasteiger partial charge is 0.242 e. The number of carbonyl (C=O) groups is 2. The third-order valence-corrected chi connectivity index (χ3v) is 5.78. The number of aryl methyl sites for hydroxylation is 2. The average molecular weight is 402 g/mol. The van der Waals surface area contributed by atoms with Gasteiger partial charge in [-0.15, -0.1) is 0 Å². The van der Waals surface area contributed by atoms with Crippen LogP contribution < -0.4 is 5.32 Å². The Hall–Kier alpha value is -2.31. The van der Waals surface area contributed by atoms with Gasteiger partial charge in [-0.1, -0.05) is 47.6 Å². The van der Waals surface area contributed by atoms with E-state index in [4.69, 9.17) is 11.6 Å². The predicted molar refractivity (Wildman–Crippen MR) is 112 cm³/mol. The van der Waals surface area contributed by atoms with Gasteiger partial charge < -0.3 is 5.32 Å². The Balaban J connectivity index is 1.71. The first-order valence-corrected chi connectivity index (χ1v) is 9.75. The lowest BCUT2D eigenvalue weighted by atomic mass is 10.2. The van der Waals surface area contributed by atoms with Crippen molar-refractivity contribution in [3.05, 3.63) is 58.6 Å². The van der Waals surface area contributed by atoms with Gasteiger partial charge in [0.1, 0.15) is 5.25 Å². The molecule has 1 N–H and O–H groups in total. The maximum absolute atomic E-state index is 12.5. The van der Waals surface area contributed by atoms with Crippen molar-refractivity contribution in [3.63, 3.8) is 0 Å². The van der Waals surface area contributed by atoms with Crippen LogP contribution in [-0.4, -0.2) is 34.2 Å². The monoisotopic (exact) mass is 401 g/mol. The number of amides is 2. The van der Waals surface area contributed by atoms with Crippen molar-refractivity contribution in [2.24, 2.45) is 4.99 Å². The second kappa shape index (κ2) is 8.15. The molecule has 0 spiro atoms. The van der Waals surface area contributed by atoms with E-state index in [1.165, 1.54) is 16.7 Å². The lowest BCUT2D eigenvalue weighted by Gasteiger charge is -2.11. The molecule has 1 heterocycles. The number of anilines is 1. The topological polar surface area (TPSA) is 61.8 Å². The van der Waals surface area contributed by atoms with E-state index < -0.39 is 5.25 Å². The minimum atomic E-state index is -0.489. The molecule has 0 bridgehead atoms. The third kappa shape index (κ3) is 4.51. The summed E-state index contributed by atoms with van der Waals surface area (Å²) in [5.41, 5.74) is 3.42. The molecule has 0 radical (unpaired) electrons. The minimum absolute atomic E-state index is 0.0760. The van der Waals surface area contributed by atoms with E-state index in [1.807, 2.05) is 44.2 Å². The van der Waals surface area contributed by atoms with Gasteiger partial charge in [0.25, 0.3) is 0 Å². The molecule has 1 aliphatic rings. The van der Waals surface area contributed by atoms with Crippen molar-refractivity contribution >= 4 is 51.7 Å². The van der Waals surface area contributed by atoms with Crippen molar-refractivity contribution in [1.82, 2.24) is 4.90 Å². The Bertz CT molecular complexity index is 929. The molecule has 140 valence electrons. The highest BCUT2D eigenvalue weighted by atomic mass is 35.5. The Morgan fingerprint density at radius 3 is 2.70 bits per heavy atom. The molecule has 7 heteroatoms. The van der Waals surface area contributed by atoms with Crippen LogP contribution in [0, 0.1) is 13.8 Å². The van der Waals surface area contributed by atoms with Crippen LogP contribution in [0.5, 0.6) is 0 Å². The summed E-state index contributed by atoms with van der Waals surface area (Å²) in [6.45, 7) is 3.86. The van der Waals surface area contributed by atoms with Gasteiger partial charge >= 0.3 is 0 Å². The zero-order valence-corrected chi connectivity index (χ0v) is 16.9. The van der Waals surface area contributed by atoms with Gasteiger partial charge in [0.2, 0.25) is 11.8 Å². The summed E-state index contributed by atoms with van der Waals surface area (Å²) in [6, 6.07) is 13.0. The van der Waals surface area contributed by atoms with Gasteiger partial charge in [-0.3, -0.25) is 14.5 Å². The number of nitrogens with one attached hydrogen (secondary N) is 1. The van der Waals surface area contributed by atoms with E-state index >= 15 is 0 Å². The summed E-state index contributed by atoms with van der Waals surface area (Å²) >= 11 is 7.31. The van der Waals surface area contributed by atoms with Crippen LogP contribution >= 0.6 is 23.4 Å². The Kier molecular flexibility index (Phi) is 5.87. The minimum Gasteiger partial charge on any atom is -0.326 e. The summed E-state index contributed by atoms with van der Waals surface area (Å²) in [5, 5.41) is 3.50. The molecule has 0 aliphatic carbocycles. The number of amidine groups is 1. The lowest BCUT2D eigenvalue weighted by Crippen LogP contribution is -2.30. The number of rotatable bonds is 4. The zero-order chi connectivity index (χ0) is 19.6. The standard InChI is InChI=1S/C20H20ClN3O2S/c1-12-6-4-5-7-15(12)23-20-24(3)19(26)17(27-20)11-18(25)22-16-10-14(21)9-8-13(16)2/h4-10,17H,11H2,1-3H3,(H,22,25)/t17-/m0/s1. The highest BCUT2D eigenvalue weighted by Gasteiger charge is 2.37. The quantitative estimate of drug-likeness (QED) is 0.817. The molecule has 2 aromatic rings. The van der Waals surface area contributed by atoms with Crippen molar-refractivity contribution in [3.8, 4) is 0 Å². The number of hydrogen-bond donors (Lipinski definition) is 1. The van der Waals surface area contributed by atoms with Crippen molar-refractivity contribution in [2.75, 3.05) is 12.4 Å². The van der Waals surface area contributed by atoms with Crippen LogP contribution in [0.15, 0.2) is 47.5 Å². The first kappa shape index (κ1) is 19.5. The van der Waals surface area contributed by atoms with Crippen LogP contribution in [0.4, 0.5) is 11.4 Å². The van der Waals surface area contributed by atoms with E-state index in [0.29, 0.717) is 15.9 Å². The fourth-order valence-corrected chi connectivity index (χ4v) is 4.01. The maximum Gasteiger partial charge on any atom is 0.242 e. The number of para-hydroxylation sites is 1. The molecule has 1 saturated heterocycles.